The summed E-state index contributed by atoms with van der Waals surface area (Å²) in [6.45, 7) is 8.20. The van der Waals surface area contributed by atoms with Crippen LogP contribution in [-0.4, -0.2) is 35.6 Å². The van der Waals surface area contributed by atoms with E-state index in [-0.39, 0.29) is 5.91 Å². The van der Waals surface area contributed by atoms with E-state index in [0.29, 0.717) is 23.6 Å². The summed E-state index contributed by atoms with van der Waals surface area (Å²) in [5, 5.41) is 4.90. The van der Waals surface area contributed by atoms with Gasteiger partial charge in [0, 0.05) is 13.1 Å². The third-order valence-corrected chi connectivity index (χ3v) is 5.30. The van der Waals surface area contributed by atoms with E-state index in [4.69, 9.17) is 4.74 Å². The number of nitrogens with zero attached hydrogens (tertiary/aromatic N) is 3. The minimum absolute atomic E-state index is 0.214. The molecule has 0 aliphatic carbocycles. The van der Waals surface area contributed by atoms with Gasteiger partial charge in [0.2, 0.25) is 5.95 Å². The lowest BCUT2D eigenvalue weighted by Crippen LogP contribution is -2.23. The van der Waals surface area contributed by atoms with Crippen molar-refractivity contribution in [3.05, 3.63) is 53.3 Å². The van der Waals surface area contributed by atoms with E-state index in [9.17, 15) is 4.79 Å². The molecule has 1 aromatic heterocycles. The summed E-state index contributed by atoms with van der Waals surface area (Å²) in [6, 6.07) is 11.7. The van der Waals surface area contributed by atoms with E-state index in [2.05, 4.69) is 20.2 Å². The Kier molecular flexibility index (Phi) is 5.34. The number of anilines is 2. The predicted molar refractivity (Wildman–Crippen MR) is 116 cm³/mol. The van der Waals surface area contributed by atoms with Crippen molar-refractivity contribution in [1.82, 2.24) is 9.97 Å². The molecule has 1 aliphatic heterocycles. The highest BCUT2D eigenvalue weighted by Crippen LogP contribution is 2.30. The Morgan fingerprint density at radius 3 is 2.45 bits per heavy atom. The number of aromatic nitrogens is 2. The maximum atomic E-state index is 13.3. The van der Waals surface area contributed by atoms with Crippen molar-refractivity contribution < 1.29 is 9.53 Å². The van der Waals surface area contributed by atoms with E-state index >= 15 is 0 Å². The Hall–Kier alpha value is -3.15. The summed E-state index contributed by atoms with van der Waals surface area (Å²) in [4.78, 5) is 24.8. The molecule has 0 spiro atoms. The zero-order valence-corrected chi connectivity index (χ0v) is 17.2. The van der Waals surface area contributed by atoms with Crippen LogP contribution in [0, 0.1) is 13.8 Å². The summed E-state index contributed by atoms with van der Waals surface area (Å²) in [5.74, 6) is 1.11. The van der Waals surface area contributed by atoms with Crippen LogP contribution in [0.25, 0.3) is 10.8 Å². The fraction of sp³-hybridized carbons (Fsp3) is 0.348. The first-order valence-corrected chi connectivity index (χ1v) is 10.1. The molecule has 4 rings (SSSR count). The monoisotopic (exact) mass is 390 g/mol. The SMILES string of the molecule is CCOc1ccc2ccccc2c1C(=O)Nc1c(C)nc(N2CCCC2)nc1C. The summed E-state index contributed by atoms with van der Waals surface area (Å²) < 4.78 is 5.75. The maximum absolute atomic E-state index is 13.3. The van der Waals surface area contributed by atoms with Crippen molar-refractivity contribution in [1.29, 1.82) is 0 Å². The van der Waals surface area contributed by atoms with Crippen LogP contribution >= 0.6 is 0 Å². The highest BCUT2D eigenvalue weighted by molar-refractivity contribution is 6.15. The largest absolute Gasteiger partial charge is 0.493 e. The molecule has 1 N–H and O–H groups in total. The summed E-state index contributed by atoms with van der Waals surface area (Å²) >= 11 is 0. The molecule has 1 amide bonds. The summed E-state index contributed by atoms with van der Waals surface area (Å²) in [6.07, 6.45) is 2.34. The quantitative estimate of drug-likeness (QED) is 0.695. The lowest BCUT2D eigenvalue weighted by Gasteiger charge is -2.19. The molecule has 3 aromatic rings. The van der Waals surface area contributed by atoms with E-state index < -0.39 is 0 Å². The summed E-state index contributed by atoms with van der Waals surface area (Å²) in [5.41, 5.74) is 2.73. The second kappa shape index (κ2) is 8.07. The molecule has 2 aromatic carbocycles. The van der Waals surface area contributed by atoms with Crippen molar-refractivity contribution >= 4 is 28.3 Å². The first-order chi connectivity index (χ1) is 14.1. The van der Waals surface area contributed by atoms with Crippen molar-refractivity contribution in [2.45, 2.75) is 33.6 Å². The first kappa shape index (κ1) is 19.2. The lowest BCUT2D eigenvalue weighted by atomic mass is 10.0. The molecule has 29 heavy (non-hydrogen) atoms. The number of carbonyl (C=O) groups is 1. The number of amides is 1. The van der Waals surface area contributed by atoms with Crippen molar-refractivity contribution in [3.8, 4) is 5.75 Å². The summed E-state index contributed by atoms with van der Waals surface area (Å²) in [7, 11) is 0. The smallest absolute Gasteiger partial charge is 0.260 e. The standard InChI is InChI=1S/C23H26N4O2/c1-4-29-19-12-11-17-9-5-6-10-18(17)20(19)22(28)26-21-15(2)24-23(25-16(21)3)27-13-7-8-14-27/h5-6,9-12H,4,7-8,13-14H2,1-3H3,(H,26,28). The van der Waals surface area contributed by atoms with Gasteiger partial charge in [-0.25, -0.2) is 9.97 Å². The lowest BCUT2D eigenvalue weighted by molar-refractivity contribution is 0.102. The number of benzene rings is 2. The average Bonchev–Trinajstić information content (AvgIpc) is 3.25. The number of fused-ring (bicyclic) bond motifs is 1. The van der Waals surface area contributed by atoms with Crippen molar-refractivity contribution in [3.63, 3.8) is 0 Å². The third kappa shape index (κ3) is 3.75. The normalized spacial score (nSPS) is 13.7. The second-order valence-electron chi connectivity index (χ2n) is 7.31. The van der Waals surface area contributed by atoms with Gasteiger partial charge < -0.3 is 15.0 Å². The molecule has 1 fully saturated rings. The average molecular weight is 390 g/mol. The van der Waals surface area contributed by atoms with Crippen LogP contribution in [0.15, 0.2) is 36.4 Å². The Balaban J connectivity index is 1.70. The van der Waals surface area contributed by atoms with Gasteiger partial charge in [-0.15, -0.1) is 0 Å². The van der Waals surface area contributed by atoms with Crippen LogP contribution in [0.3, 0.4) is 0 Å². The number of aryl methyl sites for hydroxylation is 2. The highest BCUT2D eigenvalue weighted by Gasteiger charge is 2.21. The molecule has 1 saturated heterocycles. The van der Waals surface area contributed by atoms with E-state index in [1.165, 1.54) is 12.8 Å². The molecule has 0 saturated carbocycles. The minimum Gasteiger partial charge on any atom is -0.493 e. The molecule has 6 heteroatoms. The second-order valence-corrected chi connectivity index (χ2v) is 7.31. The number of ether oxygens (including phenoxy) is 1. The Labute approximate surface area is 170 Å². The van der Waals surface area contributed by atoms with Gasteiger partial charge in [0.15, 0.2) is 0 Å². The van der Waals surface area contributed by atoms with Gasteiger partial charge in [-0.05, 0) is 50.5 Å². The van der Waals surface area contributed by atoms with Gasteiger partial charge in [0.05, 0.1) is 29.2 Å². The Bertz CT molecular complexity index is 1030. The molecule has 0 unspecified atom stereocenters. The minimum atomic E-state index is -0.214. The predicted octanol–water partition coefficient (Wildman–Crippen LogP) is 4.50. The number of rotatable bonds is 5. The van der Waals surface area contributed by atoms with Crippen LogP contribution < -0.4 is 15.0 Å². The fourth-order valence-electron chi connectivity index (χ4n) is 3.88. The van der Waals surface area contributed by atoms with E-state index in [0.717, 1.165) is 41.2 Å². The van der Waals surface area contributed by atoms with Gasteiger partial charge in [-0.1, -0.05) is 30.3 Å². The number of nitrogens with one attached hydrogen (secondary N) is 1. The zero-order chi connectivity index (χ0) is 20.4. The van der Waals surface area contributed by atoms with Gasteiger partial charge in [0.25, 0.3) is 5.91 Å². The molecule has 150 valence electrons. The molecule has 0 atom stereocenters. The van der Waals surface area contributed by atoms with Gasteiger partial charge in [0.1, 0.15) is 5.75 Å². The van der Waals surface area contributed by atoms with Gasteiger partial charge in [-0.2, -0.15) is 0 Å². The molecule has 0 radical (unpaired) electrons. The van der Waals surface area contributed by atoms with Gasteiger partial charge >= 0.3 is 0 Å². The number of hydrogen-bond donors (Lipinski definition) is 1. The van der Waals surface area contributed by atoms with Crippen LogP contribution in [0.2, 0.25) is 0 Å². The van der Waals surface area contributed by atoms with Crippen LogP contribution in [-0.2, 0) is 0 Å². The molecular weight excluding hydrogens is 364 g/mol. The third-order valence-electron chi connectivity index (χ3n) is 5.30. The molecule has 6 nitrogen and oxygen atoms in total. The topological polar surface area (TPSA) is 67.3 Å². The number of hydrogen-bond acceptors (Lipinski definition) is 5. The zero-order valence-electron chi connectivity index (χ0n) is 17.2. The highest BCUT2D eigenvalue weighted by atomic mass is 16.5. The van der Waals surface area contributed by atoms with Crippen LogP contribution in [0.4, 0.5) is 11.6 Å². The first-order valence-electron chi connectivity index (χ1n) is 10.1. The molecule has 2 heterocycles. The van der Waals surface area contributed by atoms with Gasteiger partial charge in [-0.3, -0.25) is 4.79 Å². The Morgan fingerprint density at radius 2 is 1.76 bits per heavy atom. The van der Waals surface area contributed by atoms with Crippen molar-refractivity contribution in [2.75, 3.05) is 29.9 Å². The van der Waals surface area contributed by atoms with Crippen LogP contribution in [0.1, 0.15) is 41.5 Å². The number of carbonyl (C=O) groups excluding carboxylic acids is 1. The van der Waals surface area contributed by atoms with Crippen molar-refractivity contribution in [2.24, 2.45) is 0 Å². The molecule has 0 bridgehead atoms. The fourth-order valence-corrected chi connectivity index (χ4v) is 3.88. The van der Waals surface area contributed by atoms with E-state index in [1.807, 2.05) is 57.2 Å². The maximum Gasteiger partial charge on any atom is 0.260 e. The van der Waals surface area contributed by atoms with E-state index in [1.54, 1.807) is 0 Å². The Morgan fingerprint density at radius 1 is 1.07 bits per heavy atom. The van der Waals surface area contributed by atoms with Crippen LogP contribution in [0.5, 0.6) is 5.75 Å². The molecule has 1 aliphatic rings. The molecular formula is C23H26N4O2.